The van der Waals surface area contributed by atoms with Gasteiger partial charge in [-0.15, -0.1) is 0 Å². The van der Waals surface area contributed by atoms with Gasteiger partial charge >= 0.3 is 0 Å². The number of aryl methyl sites for hydroxylation is 1. The van der Waals surface area contributed by atoms with Crippen LogP contribution in [0.5, 0.6) is 0 Å². The van der Waals surface area contributed by atoms with E-state index in [2.05, 4.69) is 15.3 Å². The van der Waals surface area contributed by atoms with Gasteiger partial charge in [-0.1, -0.05) is 11.6 Å². The van der Waals surface area contributed by atoms with E-state index in [0.29, 0.717) is 25.2 Å². The van der Waals surface area contributed by atoms with Crippen LogP contribution in [-0.2, 0) is 6.54 Å². The number of hydrogen-bond acceptors (Lipinski definition) is 4. The van der Waals surface area contributed by atoms with Crippen molar-refractivity contribution in [2.75, 3.05) is 19.6 Å². The lowest BCUT2D eigenvalue weighted by Gasteiger charge is -2.36. The Morgan fingerprint density at radius 3 is 2.67 bits per heavy atom. The highest BCUT2D eigenvalue weighted by atomic mass is 35.5. The molecule has 1 N–H and O–H groups in total. The fourth-order valence-corrected chi connectivity index (χ4v) is 3.20. The van der Waals surface area contributed by atoms with E-state index >= 15 is 0 Å². The Hall–Kier alpha value is -2.12. The molecule has 1 aliphatic heterocycles. The summed E-state index contributed by atoms with van der Waals surface area (Å²) in [6.07, 6.45) is 3.82. The Bertz CT molecular complexity index is 808. The van der Waals surface area contributed by atoms with Gasteiger partial charge in [0.2, 0.25) is 0 Å². The zero-order valence-electron chi connectivity index (χ0n) is 15.0. The standard InChI is InChI=1S/C19H21ClF2N4O/c1-13-9-25-15(11-24-13)10-23-12-19(22)4-6-26(7-5-19)18(27)14-2-3-17(21)16(20)8-14/h2-3,8-9,11,23H,4-7,10,12H2,1H3. The molecule has 0 saturated carbocycles. The van der Waals surface area contributed by atoms with Gasteiger partial charge in [-0.3, -0.25) is 14.8 Å². The van der Waals surface area contributed by atoms with E-state index in [0.717, 1.165) is 17.5 Å². The predicted octanol–water partition coefficient (Wildman–Crippen LogP) is 3.31. The van der Waals surface area contributed by atoms with Crippen molar-refractivity contribution in [2.45, 2.75) is 32.0 Å². The molecular formula is C19H21ClF2N4O. The zero-order valence-corrected chi connectivity index (χ0v) is 15.8. The number of likely N-dealkylation sites (tertiary alicyclic amines) is 1. The molecule has 8 heteroatoms. The first-order valence-corrected chi connectivity index (χ1v) is 9.16. The minimum Gasteiger partial charge on any atom is -0.338 e. The monoisotopic (exact) mass is 394 g/mol. The number of aromatic nitrogens is 2. The average Bonchev–Trinajstić information content (AvgIpc) is 2.66. The Kier molecular flexibility index (Phi) is 6.01. The third-order valence-corrected chi connectivity index (χ3v) is 4.99. The molecule has 0 spiro atoms. The Labute approximate surface area is 161 Å². The number of amides is 1. The summed E-state index contributed by atoms with van der Waals surface area (Å²) in [5.74, 6) is -0.833. The predicted molar refractivity (Wildman–Crippen MR) is 98.9 cm³/mol. The maximum absolute atomic E-state index is 15.0. The van der Waals surface area contributed by atoms with E-state index in [1.165, 1.54) is 12.1 Å². The summed E-state index contributed by atoms with van der Waals surface area (Å²) in [6.45, 7) is 3.09. The van der Waals surface area contributed by atoms with Gasteiger partial charge in [-0.05, 0) is 25.1 Å². The third-order valence-electron chi connectivity index (χ3n) is 4.70. The topological polar surface area (TPSA) is 58.1 Å². The van der Waals surface area contributed by atoms with Crippen LogP contribution in [0.3, 0.4) is 0 Å². The number of halogens is 3. The minimum atomic E-state index is -1.38. The van der Waals surface area contributed by atoms with E-state index in [1.54, 1.807) is 17.3 Å². The number of alkyl halides is 1. The van der Waals surface area contributed by atoms with Gasteiger partial charge in [0.05, 0.1) is 16.4 Å². The number of carbonyl (C=O) groups is 1. The Morgan fingerprint density at radius 1 is 1.30 bits per heavy atom. The summed E-state index contributed by atoms with van der Waals surface area (Å²) < 4.78 is 28.2. The summed E-state index contributed by atoms with van der Waals surface area (Å²) in [6, 6.07) is 3.86. The quantitative estimate of drug-likeness (QED) is 0.845. The number of benzene rings is 1. The molecule has 5 nitrogen and oxygen atoms in total. The van der Waals surface area contributed by atoms with Crippen molar-refractivity contribution in [1.82, 2.24) is 20.2 Å². The molecule has 0 atom stereocenters. The number of hydrogen-bond donors (Lipinski definition) is 1. The molecule has 1 saturated heterocycles. The van der Waals surface area contributed by atoms with Gasteiger partial charge in [-0.25, -0.2) is 8.78 Å². The minimum absolute atomic E-state index is 0.0962. The highest BCUT2D eigenvalue weighted by Gasteiger charge is 2.35. The van der Waals surface area contributed by atoms with E-state index in [1.807, 2.05) is 6.92 Å². The van der Waals surface area contributed by atoms with Crippen LogP contribution in [-0.4, -0.2) is 46.1 Å². The Morgan fingerprint density at radius 2 is 2.04 bits per heavy atom. The largest absolute Gasteiger partial charge is 0.338 e. The van der Waals surface area contributed by atoms with Gasteiger partial charge in [0.25, 0.3) is 5.91 Å². The first-order chi connectivity index (χ1) is 12.9. The molecule has 0 unspecified atom stereocenters. The first kappa shape index (κ1) is 19.6. The van der Waals surface area contributed by atoms with Crippen molar-refractivity contribution in [1.29, 1.82) is 0 Å². The van der Waals surface area contributed by atoms with Crippen molar-refractivity contribution in [3.8, 4) is 0 Å². The molecule has 1 aromatic heterocycles. The number of rotatable bonds is 5. The zero-order chi connectivity index (χ0) is 19.4. The molecule has 0 radical (unpaired) electrons. The van der Waals surface area contributed by atoms with Crippen molar-refractivity contribution in [3.05, 3.63) is 58.4 Å². The number of nitrogens with zero attached hydrogens (tertiary/aromatic N) is 3. The van der Waals surface area contributed by atoms with E-state index in [4.69, 9.17) is 11.6 Å². The summed E-state index contributed by atoms with van der Waals surface area (Å²) in [5, 5.41) is 2.98. The van der Waals surface area contributed by atoms with Crippen LogP contribution < -0.4 is 5.32 Å². The lowest BCUT2D eigenvalue weighted by atomic mass is 9.92. The van der Waals surface area contributed by atoms with Crippen molar-refractivity contribution in [2.24, 2.45) is 0 Å². The molecule has 1 aromatic carbocycles. The fourth-order valence-electron chi connectivity index (χ4n) is 3.02. The summed E-state index contributed by atoms with van der Waals surface area (Å²) in [5.41, 5.74) is 0.518. The van der Waals surface area contributed by atoms with Crippen LogP contribution in [0.15, 0.2) is 30.6 Å². The molecule has 0 bridgehead atoms. The summed E-state index contributed by atoms with van der Waals surface area (Å²) >= 11 is 5.73. The second kappa shape index (κ2) is 8.27. The molecule has 144 valence electrons. The number of piperidine rings is 1. The molecule has 1 aliphatic rings. The lowest BCUT2D eigenvalue weighted by molar-refractivity contribution is 0.0434. The van der Waals surface area contributed by atoms with Crippen LogP contribution in [0, 0.1) is 12.7 Å². The second-order valence-electron chi connectivity index (χ2n) is 6.82. The molecule has 1 fully saturated rings. The smallest absolute Gasteiger partial charge is 0.253 e. The number of carbonyl (C=O) groups excluding carboxylic acids is 1. The first-order valence-electron chi connectivity index (χ1n) is 8.78. The van der Waals surface area contributed by atoms with Crippen LogP contribution in [0.1, 0.15) is 34.6 Å². The van der Waals surface area contributed by atoms with Crippen LogP contribution in [0.2, 0.25) is 5.02 Å². The highest BCUT2D eigenvalue weighted by molar-refractivity contribution is 6.31. The molecular weight excluding hydrogens is 374 g/mol. The maximum atomic E-state index is 15.0. The molecule has 1 amide bonds. The molecule has 0 aliphatic carbocycles. The number of nitrogens with one attached hydrogen (secondary N) is 1. The van der Waals surface area contributed by atoms with Gasteiger partial charge in [0.15, 0.2) is 0 Å². The molecule has 3 rings (SSSR count). The fraction of sp³-hybridized carbons (Fsp3) is 0.421. The van der Waals surface area contributed by atoms with E-state index in [9.17, 15) is 13.6 Å². The SMILES string of the molecule is Cc1cnc(CNCC2(F)CCN(C(=O)c3ccc(F)c(Cl)c3)CC2)cn1. The van der Waals surface area contributed by atoms with Crippen LogP contribution in [0.4, 0.5) is 8.78 Å². The molecule has 2 heterocycles. The van der Waals surface area contributed by atoms with E-state index < -0.39 is 11.5 Å². The normalized spacial score (nSPS) is 16.4. The van der Waals surface area contributed by atoms with Crippen molar-refractivity contribution < 1.29 is 13.6 Å². The summed E-state index contributed by atoms with van der Waals surface area (Å²) in [7, 11) is 0. The van der Waals surface area contributed by atoms with Crippen LogP contribution >= 0.6 is 11.6 Å². The average molecular weight is 395 g/mol. The maximum Gasteiger partial charge on any atom is 0.253 e. The molecule has 2 aromatic rings. The van der Waals surface area contributed by atoms with Gasteiger partial charge in [0, 0.05) is 57.0 Å². The lowest BCUT2D eigenvalue weighted by Crippen LogP contribution is -2.48. The van der Waals surface area contributed by atoms with Gasteiger partial charge < -0.3 is 10.2 Å². The van der Waals surface area contributed by atoms with Crippen molar-refractivity contribution in [3.63, 3.8) is 0 Å². The summed E-state index contributed by atoms with van der Waals surface area (Å²) in [4.78, 5) is 22.5. The highest BCUT2D eigenvalue weighted by Crippen LogP contribution is 2.27. The second-order valence-corrected chi connectivity index (χ2v) is 7.23. The van der Waals surface area contributed by atoms with Gasteiger partial charge in [0.1, 0.15) is 11.5 Å². The van der Waals surface area contributed by atoms with Crippen molar-refractivity contribution >= 4 is 17.5 Å². The Balaban J connectivity index is 1.50. The third kappa shape index (κ3) is 4.99. The molecule has 27 heavy (non-hydrogen) atoms. The van der Waals surface area contributed by atoms with Crippen LogP contribution in [0.25, 0.3) is 0 Å². The van der Waals surface area contributed by atoms with E-state index in [-0.39, 0.29) is 30.3 Å². The van der Waals surface area contributed by atoms with Gasteiger partial charge in [-0.2, -0.15) is 0 Å².